The summed E-state index contributed by atoms with van der Waals surface area (Å²) in [5.74, 6) is -5.01. The van der Waals surface area contributed by atoms with Crippen LogP contribution in [-0.2, 0) is 25.5 Å². The van der Waals surface area contributed by atoms with Gasteiger partial charge < -0.3 is 39.7 Å². The van der Waals surface area contributed by atoms with Gasteiger partial charge in [0.25, 0.3) is 5.91 Å². The van der Waals surface area contributed by atoms with Crippen molar-refractivity contribution < 1.29 is 47.8 Å². The molecule has 2 aromatic carbocycles. The molecule has 0 saturated heterocycles. The summed E-state index contributed by atoms with van der Waals surface area (Å²) in [5, 5.41) is 26.7. The molecule has 0 radical (unpaired) electrons. The van der Waals surface area contributed by atoms with E-state index < -0.39 is 61.0 Å². The Kier molecular flexibility index (Phi) is 11.0. The third kappa shape index (κ3) is 8.63. The molecule has 15 heteroatoms. The highest BCUT2D eigenvalue weighted by atomic mass is 16.5. The monoisotopic (exact) mass is 633 g/mol. The van der Waals surface area contributed by atoms with Gasteiger partial charge in [0.05, 0.1) is 12.3 Å². The summed E-state index contributed by atoms with van der Waals surface area (Å²) in [7, 11) is 0. The Morgan fingerprint density at radius 2 is 1.48 bits per heavy atom. The molecule has 0 fully saturated rings. The summed E-state index contributed by atoms with van der Waals surface area (Å²) in [4.78, 5) is 71.8. The number of aryl methyl sites for hydroxylation is 2. The minimum absolute atomic E-state index is 0.0864. The molecule has 2 heterocycles. The molecule has 3 atom stereocenters. The third-order valence-corrected chi connectivity index (χ3v) is 6.56. The van der Waals surface area contributed by atoms with Gasteiger partial charge in [0.1, 0.15) is 25.0 Å². The Bertz CT molecular complexity index is 1690. The van der Waals surface area contributed by atoms with Gasteiger partial charge in [-0.2, -0.15) is 0 Å². The molecular formula is C31H31N5O10. The molecule has 0 aliphatic heterocycles. The molecule has 3 amide bonds. The van der Waals surface area contributed by atoms with E-state index in [0.717, 1.165) is 6.26 Å². The van der Waals surface area contributed by atoms with Gasteiger partial charge in [-0.3, -0.25) is 14.4 Å². The molecule has 0 unspecified atom stereocenters. The third-order valence-electron chi connectivity index (χ3n) is 6.56. The number of nitrogens with one attached hydrogen (secondary N) is 3. The number of rotatable bonds is 14. The van der Waals surface area contributed by atoms with Crippen molar-refractivity contribution in [2.45, 2.75) is 38.4 Å². The zero-order chi connectivity index (χ0) is 33.2. The molecule has 0 aliphatic rings. The number of nitrogens with zero attached hydrogens (tertiary/aromatic N) is 2. The smallest absolute Gasteiger partial charge is 0.376 e. The number of hydrogen-bond acceptors (Lipinski definition) is 11. The number of hydrogen-bond donors (Lipinski definition) is 5. The van der Waals surface area contributed by atoms with Crippen LogP contribution in [0.2, 0.25) is 0 Å². The number of carboxylic acids is 1. The van der Waals surface area contributed by atoms with Crippen molar-refractivity contribution in [3.63, 3.8) is 0 Å². The van der Waals surface area contributed by atoms with Gasteiger partial charge in [0, 0.05) is 18.9 Å². The molecule has 46 heavy (non-hydrogen) atoms. The minimum Gasteiger partial charge on any atom is -0.480 e. The number of carbonyl (C=O) groups excluding carboxylic acids is 4. The SMILES string of the molecule is Cc1nc(C)c(C(=O)OC[C@H](NC(=O)[C@H](Cc2ccccc2)NC(=O)[C@H](CO)NC(=O)c2coc(-c3ccccc3)n2)C(=O)O)o1. The fourth-order valence-electron chi connectivity index (χ4n) is 4.24. The first-order chi connectivity index (χ1) is 22.0. The maximum atomic E-state index is 13.3. The van der Waals surface area contributed by atoms with E-state index in [-0.39, 0.29) is 35.4 Å². The van der Waals surface area contributed by atoms with Gasteiger partial charge >= 0.3 is 11.9 Å². The number of aliphatic carboxylic acids is 1. The van der Waals surface area contributed by atoms with Crippen LogP contribution in [0.3, 0.4) is 0 Å². The van der Waals surface area contributed by atoms with E-state index in [9.17, 15) is 34.2 Å². The molecule has 4 rings (SSSR count). The van der Waals surface area contributed by atoms with E-state index in [4.69, 9.17) is 13.6 Å². The number of carbonyl (C=O) groups is 5. The lowest BCUT2D eigenvalue weighted by Gasteiger charge is -2.24. The van der Waals surface area contributed by atoms with Crippen LogP contribution in [0, 0.1) is 13.8 Å². The van der Waals surface area contributed by atoms with Crippen molar-refractivity contribution in [2.75, 3.05) is 13.2 Å². The van der Waals surface area contributed by atoms with Gasteiger partial charge in [0.15, 0.2) is 17.6 Å². The molecule has 0 aliphatic carbocycles. The molecule has 240 valence electrons. The van der Waals surface area contributed by atoms with Crippen molar-refractivity contribution >= 4 is 29.7 Å². The number of amides is 3. The van der Waals surface area contributed by atoms with Gasteiger partial charge in [-0.1, -0.05) is 48.5 Å². The van der Waals surface area contributed by atoms with Crippen molar-refractivity contribution in [1.82, 2.24) is 25.9 Å². The second-order valence-corrected chi connectivity index (χ2v) is 10.0. The molecule has 15 nitrogen and oxygen atoms in total. The Morgan fingerprint density at radius 3 is 2.09 bits per heavy atom. The van der Waals surface area contributed by atoms with Crippen molar-refractivity contribution in [3.8, 4) is 11.5 Å². The van der Waals surface area contributed by atoms with E-state index in [1.54, 1.807) is 60.7 Å². The summed E-state index contributed by atoms with van der Waals surface area (Å²) >= 11 is 0. The largest absolute Gasteiger partial charge is 0.480 e. The van der Waals surface area contributed by atoms with E-state index in [1.165, 1.54) is 13.8 Å². The zero-order valence-corrected chi connectivity index (χ0v) is 24.8. The maximum Gasteiger partial charge on any atom is 0.376 e. The maximum absolute atomic E-state index is 13.3. The molecule has 0 bridgehead atoms. The lowest BCUT2D eigenvalue weighted by atomic mass is 10.0. The van der Waals surface area contributed by atoms with E-state index >= 15 is 0 Å². The zero-order valence-electron chi connectivity index (χ0n) is 24.8. The molecule has 4 aromatic rings. The topological polar surface area (TPSA) is 223 Å². The Morgan fingerprint density at radius 1 is 0.848 bits per heavy atom. The highest BCUT2D eigenvalue weighted by Crippen LogP contribution is 2.18. The summed E-state index contributed by atoms with van der Waals surface area (Å²) < 4.78 is 15.6. The van der Waals surface area contributed by atoms with Crippen molar-refractivity contribution in [2.24, 2.45) is 0 Å². The highest BCUT2D eigenvalue weighted by Gasteiger charge is 2.31. The average molecular weight is 634 g/mol. The highest BCUT2D eigenvalue weighted by molar-refractivity contribution is 5.97. The lowest BCUT2D eigenvalue weighted by molar-refractivity contribution is -0.143. The minimum atomic E-state index is -1.70. The lowest BCUT2D eigenvalue weighted by Crippen LogP contribution is -2.57. The first-order valence-electron chi connectivity index (χ1n) is 14.0. The predicted molar refractivity (Wildman–Crippen MR) is 158 cm³/mol. The van der Waals surface area contributed by atoms with Crippen LogP contribution >= 0.6 is 0 Å². The summed E-state index contributed by atoms with van der Waals surface area (Å²) in [6.45, 7) is 1.43. The fourth-order valence-corrected chi connectivity index (χ4v) is 4.24. The van der Waals surface area contributed by atoms with Crippen molar-refractivity contribution in [1.29, 1.82) is 0 Å². The van der Waals surface area contributed by atoms with Gasteiger partial charge in [-0.15, -0.1) is 0 Å². The number of aliphatic hydroxyl groups excluding tert-OH is 1. The van der Waals surface area contributed by atoms with Crippen LogP contribution in [0.1, 0.15) is 38.2 Å². The number of aromatic nitrogens is 2. The van der Waals surface area contributed by atoms with Gasteiger partial charge in [0.2, 0.25) is 23.5 Å². The second kappa shape index (κ2) is 15.3. The molecule has 0 saturated carbocycles. The molecule has 0 spiro atoms. The molecular weight excluding hydrogens is 602 g/mol. The fraction of sp³-hybridized carbons (Fsp3) is 0.258. The number of esters is 1. The van der Waals surface area contributed by atoms with Gasteiger partial charge in [-0.05, 0) is 24.6 Å². The van der Waals surface area contributed by atoms with Crippen LogP contribution < -0.4 is 16.0 Å². The predicted octanol–water partition coefficient (Wildman–Crippen LogP) is 1.19. The first kappa shape index (κ1) is 33.1. The standard InChI is InChI=1S/C31H31N5O10/c1-17-25(46-18(2)32-17)31(43)45-16-24(30(41)42)35-26(38)21(13-19-9-5-3-6-10-19)33-27(39)22(14-37)34-28(40)23-15-44-29(36-23)20-11-7-4-8-12-20/h3-12,15,21-22,24,37H,13-14,16H2,1-2H3,(H,33,39)(H,34,40)(H,35,38)(H,41,42)/t21-,22-,24-/m0/s1. The Balaban J connectivity index is 1.44. The molecule has 2 aromatic heterocycles. The number of benzene rings is 2. The number of carboxylic acid groups (broad SMARTS) is 1. The quantitative estimate of drug-likeness (QED) is 0.124. The Hall–Kier alpha value is -5.83. The number of aliphatic hydroxyl groups is 1. The normalized spacial score (nSPS) is 12.8. The summed E-state index contributed by atoms with van der Waals surface area (Å²) in [5.41, 5.74) is 1.32. The number of oxazole rings is 2. The second-order valence-electron chi connectivity index (χ2n) is 10.0. The van der Waals surface area contributed by atoms with Crippen LogP contribution in [0.5, 0.6) is 0 Å². The van der Waals surface area contributed by atoms with Crippen molar-refractivity contribution in [3.05, 3.63) is 95.5 Å². The van der Waals surface area contributed by atoms with Crippen LogP contribution in [0.4, 0.5) is 0 Å². The first-order valence-corrected chi connectivity index (χ1v) is 14.0. The van der Waals surface area contributed by atoms with Gasteiger partial charge in [-0.25, -0.2) is 19.6 Å². The van der Waals surface area contributed by atoms with E-state index in [1.807, 2.05) is 0 Å². The number of ether oxygens (including phenoxy) is 1. The summed E-state index contributed by atoms with van der Waals surface area (Å²) in [6, 6.07) is 12.7. The molecule has 5 N–H and O–H groups in total. The Labute approximate surface area is 262 Å². The van der Waals surface area contributed by atoms with Crippen LogP contribution in [0.15, 0.2) is 75.8 Å². The average Bonchev–Trinajstić information content (AvgIpc) is 3.68. The van der Waals surface area contributed by atoms with E-state index in [2.05, 4.69) is 25.9 Å². The van der Waals surface area contributed by atoms with Crippen LogP contribution in [-0.4, -0.2) is 81.2 Å². The van der Waals surface area contributed by atoms with Crippen LogP contribution in [0.25, 0.3) is 11.5 Å². The summed E-state index contributed by atoms with van der Waals surface area (Å²) in [6.07, 6.45) is 1.01. The van der Waals surface area contributed by atoms with E-state index in [0.29, 0.717) is 11.1 Å².